The van der Waals surface area contributed by atoms with Crippen molar-refractivity contribution in [2.75, 3.05) is 0 Å². The van der Waals surface area contributed by atoms with Crippen molar-refractivity contribution in [2.45, 2.75) is 0 Å². The predicted molar refractivity (Wildman–Crippen MR) is 13.6 cm³/mol. The number of hydrogen-bond acceptors (Lipinski definition) is 0. The molecule has 0 heterocycles. The Balaban J connectivity index is 0. The standard InChI is InChI=1S/Al.3O.Si.Ti/q+3;3*-2;2*+4. The molecule has 3 nitrogen and oxygen atoms in total. The van der Waals surface area contributed by atoms with Crippen LogP contribution in [0.1, 0.15) is 0 Å². The third-order valence-corrected chi connectivity index (χ3v) is 0. The maximum absolute atomic E-state index is 0. The maximum atomic E-state index is 0. The van der Waals surface area contributed by atoms with Crippen molar-refractivity contribution < 1.29 is 38.1 Å². The van der Waals surface area contributed by atoms with Crippen molar-refractivity contribution in [2.24, 2.45) is 0 Å². The van der Waals surface area contributed by atoms with E-state index in [1.807, 2.05) is 0 Å². The second-order valence-corrected chi connectivity index (χ2v) is 0. The third-order valence-electron chi connectivity index (χ3n) is 0. The molecule has 0 amide bonds. The van der Waals surface area contributed by atoms with Gasteiger partial charge in [-0.25, -0.2) is 0 Å². The van der Waals surface area contributed by atoms with Gasteiger partial charge in [0, 0.05) is 0 Å². The summed E-state index contributed by atoms with van der Waals surface area (Å²) in [6.07, 6.45) is 0. The fourth-order valence-electron chi connectivity index (χ4n) is 0. The molecule has 0 radical (unpaired) electrons. The molecule has 0 saturated carbocycles. The SMILES string of the molecule is [Al+3].[O-2].[O-2].[O-2].[Si+4].[Ti+4]. The summed E-state index contributed by atoms with van der Waals surface area (Å²) < 4.78 is 0. The Morgan fingerprint density at radius 3 is 0.667 bits per heavy atom. The largest absolute Gasteiger partial charge is 4.00 e. The molecule has 0 atom stereocenters. The Kier molecular flexibility index (Phi) is 2740. The molecule has 0 spiro atoms. The normalized spacial score (nSPS) is 0. The smallest absolute Gasteiger partial charge is 2.00 e. The zero-order valence-corrected chi connectivity index (χ0v) is 6.52. The molecule has 0 aliphatic rings. The predicted octanol–water partition coefficient (Wildman–Crippen LogP) is -1.12. The molecule has 0 bridgehead atoms. The van der Waals surface area contributed by atoms with Crippen LogP contribution in [0.4, 0.5) is 0 Å². The molecule has 0 aromatic heterocycles. The van der Waals surface area contributed by atoms with Gasteiger partial charge in [-0.15, -0.1) is 0 Å². The molecule has 0 saturated heterocycles. The van der Waals surface area contributed by atoms with Crippen molar-refractivity contribution in [1.82, 2.24) is 0 Å². The van der Waals surface area contributed by atoms with Gasteiger partial charge in [-0.3, -0.25) is 0 Å². The molecule has 0 rings (SSSR count). The first kappa shape index (κ1) is 164. The van der Waals surface area contributed by atoms with Crippen LogP contribution in [0.3, 0.4) is 0 Å². The molecular formula is AlO3SiTi+5. The van der Waals surface area contributed by atoms with Gasteiger partial charge in [-0.2, -0.15) is 0 Å². The van der Waals surface area contributed by atoms with Gasteiger partial charge < -0.3 is 16.4 Å². The minimum absolute atomic E-state index is 0. The summed E-state index contributed by atoms with van der Waals surface area (Å²) in [7, 11) is 0. The Bertz CT molecular complexity index is 10.8. The molecule has 0 fully saturated rings. The summed E-state index contributed by atoms with van der Waals surface area (Å²) in [4.78, 5) is 0. The van der Waals surface area contributed by atoms with Crippen LogP contribution in [-0.4, -0.2) is 28.3 Å². The fraction of sp³-hybridized carbons (Fsp3) is 0. The zero-order valence-electron chi connectivity index (χ0n) is 2.80. The second kappa shape index (κ2) is 100. The molecule has 6 heteroatoms. The van der Waals surface area contributed by atoms with Crippen LogP contribution in [-0.2, 0) is 38.1 Å². The number of rotatable bonds is 0. The topological polar surface area (TPSA) is 85.5 Å². The van der Waals surface area contributed by atoms with E-state index in [0.717, 1.165) is 0 Å². The molecule has 0 unspecified atom stereocenters. The summed E-state index contributed by atoms with van der Waals surface area (Å²) in [6, 6.07) is 0. The third kappa shape index (κ3) is 55.8. The monoisotopic (exact) mass is 151 g/mol. The minimum atomic E-state index is 0. The van der Waals surface area contributed by atoms with Crippen LogP contribution in [0.2, 0.25) is 0 Å². The molecular weight excluding hydrogens is 151 g/mol. The summed E-state index contributed by atoms with van der Waals surface area (Å²) in [6.45, 7) is 0. The quantitative estimate of drug-likeness (QED) is 0.392. The van der Waals surface area contributed by atoms with E-state index in [1.54, 1.807) is 0 Å². The average Bonchev–Trinajstić information content (AvgIpc) is 0. The van der Waals surface area contributed by atoms with Gasteiger partial charge in [0.25, 0.3) is 0 Å². The molecule has 0 aromatic rings. The first-order valence-corrected chi connectivity index (χ1v) is 0. The molecule has 0 aliphatic carbocycles. The Morgan fingerprint density at radius 1 is 0.667 bits per heavy atom. The second-order valence-electron chi connectivity index (χ2n) is 0. The summed E-state index contributed by atoms with van der Waals surface area (Å²) in [5.41, 5.74) is 0. The Hall–Kier alpha value is 1.34. The molecule has 0 aromatic carbocycles. The van der Waals surface area contributed by atoms with Crippen molar-refractivity contribution in [3.8, 4) is 0 Å². The molecule has 24 valence electrons. The van der Waals surface area contributed by atoms with Crippen LogP contribution in [0, 0.1) is 0 Å². The minimum Gasteiger partial charge on any atom is -2.00 e. The van der Waals surface area contributed by atoms with Crippen LogP contribution in [0.5, 0.6) is 0 Å². The van der Waals surface area contributed by atoms with Crippen LogP contribution in [0.25, 0.3) is 0 Å². The van der Waals surface area contributed by atoms with Crippen molar-refractivity contribution in [3.05, 3.63) is 0 Å². The zero-order chi connectivity index (χ0) is 0. The fourth-order valence-corrected chi connectivity index (χ4v) is 0. The van der Waals surface area contributed by atoms with Gasteiger partial charge in [-0.1, -0.05) is 0 Å². The first-order chi connectivity index (χ1) is 0. The van der Waals surface area contributed by atoms with Gasteiger partial charge in [0.05, 0.1) is 0 Å². The van der Waals surface area contributed by atoms with E-state index in [-0.39, 0.29) is 66.5 Å². The maximum Gasteiger partial charge on any atom is 4.00 e. The van der Waals surface area contributed by atoms with E-state index in [2.05, 4.69) is 0 Å². The van der Waals surface area contributed by atoms with E-state index in [1.165, 1.54) is 0 Å². The van der Waals surface area contributed by atoms with Crippen molar-refractivity contribution >= 4 is 28.3 Å². The Labute approximate surface area is 66.5 Å². The summed E-state index contributed by atoms with van der Waals surface area (Å²) >= 11 is 0. The molecule has 0 N–H and O–H groups in total. The van der Waals surface area contributed by atoms with E-state index in [0.29, 0.717) is 0 Å². The first-order valence-electron chi connectivity index (χ1n) is 0. The van der Waals surface area contributed by atoms with E-state index in [4.69, 9.17) is 0 Å². The van der Waals surface area contributed by atoms with E-state index in [9.17, 15) is 0 Å². The summed E-state index contributed by atoms with van der Waals surface area (Å²) in [5, 5.41) is 0. The molecule has 6 heavy (non-hydrogen) atoms. The molecule has 0 aliphatic heterocycles. The number of hydrogen-bond donors (Lipinski definition) is 0. The summed E-state index contributed by atoms with van der Waals surface area (Å²) in [5.74, 6) is 0. The van der Waals surface area contributed by atoms with Gasteiger partial charge in [0.15, 0.2) is 0 Å². The van der Waals surface area contributed by atoms with E-state index < -0.39 is 0 Å². The van der Waals surface area contributed by atoms with Gasteiger partial charge in [0.1, 0.15) is 0 Å². The van der Waals surface area contributed by atoms with E-state index >= 15 is 0 Å². The van der Waals surface area contributed by atoms with Crippen LogP contribution >= 0.6 is 0 Å². The van der Waals surface area contributed by atoms with Gasteiger partial charge in [0.2, 0.25) is 0 Å². The van der Waals surface area contributed by atoms with Crippen molar-refractivity contribution in [3.63, 3.8) is 0 Å². The van der Waals surface area contributed by atoms with Crippen LogP contribution < -0.4 is 0 Å². The van der Waals surface area contributed by atoms with Gasteiger partial charge in [-0.05, 0) is 0 Å². The average molecular weight is 151 g/mol. The van der Waals surface area contributed by atoms with Crippen molar-refractivity contribution in [1.29, 1.82) is 0 Å². The Morgan fingerprint density at radius 2 is 0.667 bits per heavy atom. The van der Waals surface area contributed by atoms with Gasteiger partial charge >= 0.3 is 50.0 Å². The van der Waals surface area contributed by atoms with Crippen LogP contribution in [0.15, 0.2) is 0 Å².